The Morgan fingerprint density at radius 2 is 2.35 bits per heavy atom. The van der Waals surface area contributed by atoms with Gasteiger partial charge in [-0.05, 0) is 43.3 Å². The third-order valence-corrected chi connectivity index (χ3v) is 5.08. The number of nitro benzene ring substituents is 1. The molecule has 3 rings (SSSR count). The molecule has 0 aliphatic carbocycles. The highest BCUT2D eigenvalue weighted by Crippen LogP contribution is 2.34. The molecule has 0 saturated carbocycles. The number of hydrogen-bond donors (Lipinski definition) is 2. The molecular weight excluding hydrogens is 380 g/mol. The minimum absolute atomic E-state index is 0. The van der Waals surface area contributed by atoms with Gasteiger partial charge in [0.1, 0.15) is 6.33 Å². The summed E-state index contributed by atoms with van der Waals surface area (Å²) in [6.07, 6.45) is 3.64. The van der Waals surface area contributed by atoms with E-state index >= 15 is 0 Å². The van der Waals surface area contributed by atoms with Crippen LogP contribution in [0, 0.1) is 10.1 Å². The molecule has 1 amide bonds. The Hall–Kier alpha value is -2.17. The molecule has 0 bridgehead atoms. The smallest absolute Gasteiger partial charge is 0.284 e. The maximum absolute atomic E-state index is 12.3. The number of nitro groups is 1. The van der Waals surface area contributed by atoms with Crippen LogP contribution in [0.25, 0.3) is 0 Å². The van der Waals surface area contributed by atoms with E-state index in [2.05, 4.69) is 20.8 Å². The highest BCUT2D eigenvalue weighted by Gasteiger charge is 2.21. The van der Waals surface area contributed by atoms with Crippen LogP contribution >= 0.6 is 24.2 Å². The van der Waals surface area contributed by atoms with Crippen LogP contribution in [-0.4, -0.2) is 44.7 Å². The molecule has 1 aromatic heterocycles. The predicted octanol–water partition coefficient (Wildman–Crippen LogP) is 1.78. The van der Waals surface area contributed by atoms with E-state index in [9.17, 15) is 14.9 Å². The molecule has 1 aliphatic heterocycles. The Morgan fingerprint density at radius 3 is 2.96 bits per heavy atom. The summed E-state index contributed by atoms with van der Waals surface area (Å²) in [6, 6.07) is 4.73. The van der Waals surface area contributed by atoms with Gasteiger partial charge in [0, 0.05) is 31.3 Å². The van der Waals surface area contributed by atoms with Crippen LogP contribution in [0.2, 0.25) is 0 Å². The number of nitrogens with zero attached hydrogens (tertiary/aromatic N) is 4. The summed E-state index contributed by atoms with van der Waals surface area (Å²) >= 11 is 1.14. The molecule has 0 spiro atoms. The Balaban J connectivity index is 0.00000243. The summed E-state index contributed by atoms with van der Waals surface area (Å²) in [5.74, 6) is -0.313. The number of amides is 1. The van der Waals surface area contributed by atoms with Gasteiger partial charge in [-0.25, -0.2) is 0 Å². The zero-order chi connectivity index (χ0) is 17.8. The number of carbonyl (C=O) groups excluding carboxylic acids is 1. The first-order chi connectivity index (χ1) is 12.0. The van der Waals surface area contributed by atoms with E-state index in [1.165, 1.54) is 12.4 Å². The highest BCUT2D eigenvalue weighted by atomic mass is 35.5. The molecule has 140 valence electrons. The molecule has 1 atom stereocenters. The minimum Gasteiger partial charge on any atom is -0.350 e. The third-order valence-electron chi connectivity index (χ3n) is 3.96. The van der Waals surface area contributed by atoms with E-state index in [-0.39, 0.29) is 35.6 Å². The average Bonchev–Trinajstić information content (AvgIpc) is 3.25. The van der Waals surface area contributed by atoms with Crippen LogP contribution in [-0.2, 0) is 7.05 Å². The van der Waals surface area contributed by atoms with Crippen molar-refractivity contribution in [3.8, 4) is 0 Å². The van der Waals surface area contributed by atoms with Crippen molar-refractivity contribution in [2.75, 3.05) is 13.1 Å². The number of halogens is 1. The van der Waals surface area contributed by atoms with Gasteiger partial charge >= 0.3 is 0 Å². The molecule has 1 fully saturated rings. The molecule has 1 aromatic carbocycles. The number of nitrogens with one attached hydrogen (secondary N) is 2. The van der Waals surface area contributed by atoms with Crippen molar-refractivity contribution in [1.29, 1.82) is 0 Å². The second-order valence-electron chi connectivity index (χ2n) is 5.77. The molecule has 1 aliphatic rings. The van der Waals surface area contributed by atoms with Crippen LogP contribution in [0.4, 0.5) is 5.69 Å². The minimum atomic E-state index is -0.492. The van der Waals surface area contributed by atoms with Gasteiger partial charge in [0.05, 0.1) is 9.82 Å². The van der Waals surface area contributed by atoms with Crippen LogP contribution in [0.3, 0.4) is 0 Å². The SMILES string of the molecule is Cl.Cn1cnnc1Sc1ccc(C(=O)NCC2CCCN2)cc1[N+](=O)[O-]. The van der Waals surface area contributed by atoms with E-state index in [0.717, 1.165) is 31.1 Å². The van der Waals surface area contributed by atoms with Crippen LogP contribution in [0.1, 0.15) is 23.2 Å². The fourth-order valence-corrected chi connectivity index (χ4v) is 3.45. The second-order valence-corrected chi connectivity index (χ2v) is 6.78. The maximum Gasteiger partial charge on any atom is 0.284 e. The molecule has 2 aromatic rings. The summed E-state index contributed by atoms with van der Waals surface area (Å²) in [5, 5.41) is 25.7. The molecule has 11 heteroatoms. The first-order valence-electron chi connectivity index (χ1n) is 7.86. The topological polar surface area (TPSA) is 115 Å². The third kappa shape index (κ3) is 4.71. The molecular formula is C15H19ClN6O3S. The van der Waals surface area contributed by atoms with Gasteiger partial charge < -0.3 is 15.2 Å². The standard InChI is InChI=1S/C15H18N6O3S.ClH/c1-20-9-18-19-15(20)25-13-5-4-10(7-12(13)21(23)24)14(22)17-8-11-3-2-6-16-11;/h4-5,7,9,11,16H,2-3,6,8H2,1H3,(H,17,22);1H. The summed E-state index contributed by atoms with van der Waals surface area (Å²) < 4.78 is 1.67. The predicted molar refractivity (Wildman–Crippen MR) is 98.8 cm³/mol. The Morgan fingerprint density at radius 1 is 1.54 bits per heavy atom. The monoisotopic (exact) mass is 398 g/mol. The molecule has 1 saturated heterocycles. The van der Waals surface area contributed by atoms with Crippen molar-refractivity contribution >= 4 is 35.8 Å². The second kappa shape index (κ2) is 8.97. The average molecular weight is 399 g/mol. The molecule has 26 heavy (non-hydrogen) atoms. The lowest BCUT2D eigenvalue weighted by Crippen LogP contribution is -2.37. The van der Waals surface area contributed by atoms with Gasteiger partial charge in [-0.3, -0.25) is 14.9 Å². The number of aromatic nitrogens is 3. The maximum atomic E-state index is 12.3. The molecule has 1 unspecified atom stereocenters. The molecule has 2 N–H and O–H groups in total. The van der Waals surface area contributed by atoms with E-state index in [0.29, 0.717) is 16.6 Å². The summed E-state index contributed by atoms with van der Waals surface area (Å²) in [4.78, 5) is 23.6. The summed E-state index contributed by atoms with van der Waals surface area (Å²) in [6.45, 7) is 1.47. The zero-order valence-electron chi connectivity index (χ0n) is 14.0. The fraction of sp³-hybridized carbons (Fsp3) is 0.400. The normalized spacial score (nSPS) is 16.1. The lowest BCUT2D eigenvalue weighted by molar-refractivity contribution is -0.387. The number of rotatable bonds is 6. The van der Waals surface area contributed by atoms with Crippen molar-refractivity contribution in [1.82, 2.24) is 25.4 Å². The largest absolute Gasteiger partial charge is 0.350 e. The van der Waals surface area contributed by atoms with E-state index in [4.69, 9.17) is 0 Å². The van der Waals surface area contributed by atoms with Crippen LogP contribution in [0.5, 0.6) is 0 Å². The highest BCUT2D eigenvalue weighted by molar-refractivity contribution is 7.99. The van der Waals surface area contributed by atoms with Gasteiger partial charge in [-0.15, -0.1) is 22.6 Å². The zero-order valence-corrected chi connectivity index (χ0v) is 15.7. The van der Waals surface area contributed by atoms with E-state index < -0.39 is 4.92 Å². The van der Waals surface area contributed by atoms with Crippen LogP contribution in [0.15, 0.2) is 34.6 Å². The molecule has 2 heterocycles. The summed E-state index contributed by atoms with van der Waals surface area (Å²) in [7, 11) is 1.76. The molecule has 0 radical (unpaired) electrons. The Bertz CT molecular complexity index is 793. The van der Waals surface area contributed by atoms with Gasteiger partial charge in [0.2, 0.25) is 0 Å². The Kier molecular flexibility index (Phi) is 6.95. The van der Waals surface area contributed by atoms with Crippen molar-refractivity contribution in [2.24, 2.45) is 7.05 Å². The van der Waals surface area contributed by atoms with Gasteiger partial charge in [-0.1, -0.05) is 0 Å². The number of aryl methyl sites for hydroxylation is 1. The number of carbonyl (C=O) groups is 1. The van der Waals surface area contributed by atoms with Gasteiger partial charge in [0.15, 0.2) is 5.16 Å². The first kappa shape index (κ1) is 20.1. The first-order valence-corrected chi connectivity index (χ1v) is 8.68. The van der Waals surface area contributed by atoms with E-state index in [1.807, 2.05) is 0 Å². The number of hydrogen-bond acceptors (Lipinski definition) is 7. The fourth-order valence-electron chi connectivity index (χ4n) is 2.60. The van der Waals surface area contributed by atoms with Gasteiger partial charge in [0.25, 0.3) is 11.6 Å². The molecule has 9 nitrogen and oxygen atoms in total. The lowest BCUT2D eigenvalue weighted by Gasteiger charge is -2.11. The van der Waals surface area contributed by atoms with Crippen molar-refractivity contribution in [3.63, 3.8) is 0 Å². The number of benzene rings is 1. The Labute approximate surface area is 160 Å². The quantitative estimate of drug-likeness (QED) is 0.562. The summed E-state index contributed by atoms with van der Waals surface area (Å²) in [5.41, 5.74) is 0.145. The van der Waals surface area contributed by atoms with Crippen molar-refractivity contribution in [3.05, 3.63) is 40.2 Å². The van der Waals surface area contributed by atoms with Crippen molar-refractivity contribution < 1.29 is 9.72 Å². The van der Waals surface area contributed by atoms with E-state index in [1.54, 1.807) is 23.7 Å². The van der Waals surface area contributed by atoms with Gasteiger partial charge in [-0.2, -0.15) is 0 Å². The van der Waals surface area contributed by atoms with Crippen LogP contribution < -0.4 is 10.6 Å². The lowest BCUT2D eigenvalue weighted by atomic mass is 10.1. The van der Waals surface area contributed by atoms with Crippen molar-refractivity contribution in [2.45, 2.75) is 28.9 Å².